The summed E-state index contributed by atoms with van der Waals surface area (Å²) in [4.78, 5) is 34.3. The Kier molecular flexibility index (Phi) is 4.20. The molecule has 0 saturated carbocycles. The van der Waals surface area contributed by atoms with Crippen molar-refractivity contribution >= 4 is 29.3 Å². The molecule has 0 aromatic carbocycles. The van der Waals surface area contributed by atoms with Gasteiger partial charge in [0.25, 0.3) is 5.91 Å². The number of fused-ring (bicyclic) bond motifs is 1. The first-order chi connectivity index (χ1) is 9.50. The van der Waals surface area contributed by atoms with E-state index >= 15 is 0 Å². The second kappa shape index (κ2) is 5.88. The Balaban J connectivity index is 2.07. The molecule has 0 radical (unpaired) electrons. The molecule has 20 heavy (non-hydrogen) atoms. The molecule has 9 heteroatoms. The van der Waals surface area contributed by atoms with Crippen LogP contribution in [0.1, 0.15) is 4.79 Å². The number of pyridine rings is 1. The number of aromatic nitrogens is 3. The van der Waals surface area contributed by atoms with E-state index in [1.807, 2.05) is 0 Å². The summed E-state index contributed by atoms with van der Waals surface area (Å²) in [7, 11) is 0. The van der Waals surface area contributed by atoms with E-state index in [1.54, 1.807) is 18.2 Å². The van der Waals surface area contributed by atoms with Gasteiger partial charge in [-0.05, 0) is 12.1 Å². The third-order valence-corrected chi connectivity index (χ3v) is 3.55. The maximum absolute atomic E-state index is 11.9. The Morgan fingerprint density at radius 2 is 2.20 bits per heavy atom. The highest BCUT2D eigenvalue weighted by atomic mass is 32.2. The largest absolute Gasteiger partial charge is 0.480 e. The van der Waals surface area contributed by atoms with E-state index in [0.717, 1.165) is 16.4 Å². The summed E-state index contributed by atoms with van der Waals surface area (Å²) < 4.78 is 2.03. The molecule has 8 nitrogen and oxygen atoms in total. The lowest BCUT2D eigenvalue weighted by atomic mass is 10.4. The van der Waals surface area contributed by atoms with Crippen molar-refractivity contribution in [3.63, 3.8) is 0 Å². The van der Waals surface area contributed by atoms with Gasteiger partial charge in [-0.3, -0.25) is 9.59 Å². The maximum Gasteiger partial charge on any atom is 0.357 e. The standard InChI is InChI=1S/C11H12N4O4S/c12-7(10(17)18)5-20-6-9(16)15-11(19)14-4-2-1-3-8(14)13-15/h1-4,7H,5-6,12H2,(H,17,18). The molecule has 0 fully saturated rings. The number of carboxylic acids is 1. The molecular formula is C11H12N4O4S. The fraction of sp³-hybridized carbons (Fsp3) is 0.273. The molecule has 2 aromatic heterocycles. The van der Waals surface area contributed by atoms with E-state index in [1.165, 1.54) is 10.6 Å². The number of hydrogen-bond donors (Lipinski definition) is 2. The van der Waals surface area contributed by atoms with Crippen molar-refractivity contribution in [1.82, 2.24) is 14.2 Å². The maximum atomic E-state index is 11.9. The van der Waals surface area contributed by atoms with Gasteiger partial charge in [0.2, 0.25) is 0 Å². The van der Waals surface area contributed by atoms with Crippen molar-refractivity contribution in [3.05, 3.63) is 34.9 Å². The van der Waals surface area contributed by atoms with Gasteiger partial charge < -0.3 is 10.8 Å². The second-order valence-electron chi connectivity index (χ2n) is 3.98. The number of nitrogens with zero attached hydrogens (tertiary/aromatic N) is 3. The quantitative estimate of drug-likeness (QED) is 0.747. The van der Waals surface area contributed by atoms with Crippen molar-refractivity contribution in [2.45, 2.75) is 6.04 Å². The Hall–Kier alpha value is -2.13. The number of rotatable bonds is 5. The summed E-state index contributed by atoms with van der Waals surface area (Å²) in [6.45, 7) is 0. The summed E-state index contributed by atoms with van der Waals surface area (Å²) in [6, 6.07) is 3.94. The molecule has 1 unspecified atom stereocenters. The Bertz CT molecular complexity index is 708. The lowest BCUT2D eigenvalue weighted by molar-refractivity contribution is -0.137. The number of hydrogen-bond acceptors (Lipinski definition) is 6. The molecular weight excluding hydrogens is 284 g/mol. The lowest BCUT2D eigenvalue weighted by Crippen LogP contribution is -2.33. The van der Waals surface area contributed by atoms with Crippen molar-refractivity contribution in [3.8, 4) is 0 Å². The molecule has 0 aliphatic carbocycles. The minimum Gasteiger partial charge on any atom is -0.480 e. The average molecular weight is 296 g/mol. The smallest absolute Gasteiger partial charge is 0.357 e. The zero-order valence-electron chi connectivity index (χ0n) is 10.3. The zero-order valence-corrected chi connectivity index (χ0v) is 11.1. The first kappa shape index (κ1) is 14.3. The molecule has 2 heterocycles. The predicted molar refractivity (Wildman–Crippen MR) is 73.0 cm³/mol. The summed E-state index contributed by atoms with van der Waals surface area (Å²) >= 11 is 1.05. The third kappa shape index (κ3) is 2.89. The molecule has 0 aliphatic heterocycles. The van der Waals surface area contributed by atoms with Crippen molar-refractivity contribution in [2.24, 2.45) is 5.73 Å². The van der Waals surface area contributed by atoms with Gasteiger partial charge in [0.15, 0.2) is 5.65 Å². The van der Waals surface area contributed by atoms with E-state index in [4.69, 9.17) is 10.8 Å². The van der Waals surface area contributed by atoms with Crippen LogP contribution in [-0.2, 0) is 4.79 Å². The van der Waals surface area contributed by atoms with Crippen LogP contribution in [0.4, 0.5) is 0 Å². The van der Waals surface area contributed by atoms with Crippen molar-refractivity contribution < 1.29 is 14.7 Å². The summed E-state index contributed by atoms with van der Waals surface area (Å²) in [5.41, 5.74) is 5.14. The van der Waals surface area contributed by atoms with Gasteiger partial charge in [-0.1, -0.05) is 6.07 Å². The van der Waals surface area contributed by atoms with Crippen LogP contribution in [-0.4, -0.2) is 48.7 Å². The van der Waals surface area contributed by atoms with E-state index in [9.17, 15) is 14.4 Å². The molecule has 0 amide bonds. The highest BCUT2D eigenvalue weighted by Gasteiger charge is 2.16. The zero-order chi connectivity index (χ0) is 14.7. The number of thioether (sulfide) groups is 1. The van der Waals surface area contributed by atoms with Crippen molar-refractivity contribution in [1.29, 1.82) is 0 Å². The topological polar surface area (TPSA) is 120 Å². The van der Waals surface area contributed by atoms with E-state index < -0.39 is 23.6 Å². The molecule has 1 atom stereocenters. The molecule has 0 bridgehead atoms. The minimum absolute atomic E-state index is 0.0647. The fourth-order valence-corrected chi connectivity index (χ4v) is 2.30. The minimum atomic E-state index is -1.13. The van der Waals surface area contributed by atoms with E-state index in [0.29, 0.717) is 5.65 Å². The second-order valence-corrected chi connectivity index (χ2v) is 5.01. The number of carbonyl (C=O) groups excluding carboxylic acids is 1. The number of aliphatic carboxylic acids is 1. The predicted octanol–water partition coefficient (Wildman–Crippen LogP) is -0.719. The number of carbonyl (C=O) groups is 2. The van der Waals surface area contributed by atoms with Gasteiger partial charge in [-0.25, -0.2) is 9.20 Å². The monoisotopic (exact) mass is 296 g/mol. The highest BCUT2D eigenvalue weighted by Crippen LogP contribution is 2.03. The van der Waals surface area contributed by atoms with Gasteiger partial charge in [0, 0.05) is 11.9 Å². The Morgan fingerprint density at radius 3 is 2.85 bits per heavy atom. The van der Waals surface area contributed by atoms with Crippen LogP contribution in [0.2, 0.25) is 0 Å². The van der Waals surface area contributed by atoms with E-state index in [2.05, 4.69) is 5.10 Å². The molecule has 2 aromatic rings. The van der Waals surface area contributed by atoms with Crippen LogP contribution in [0.3, 0.4) is 0 Å². The summed E-state index contributed by atoms with van der Waals surface area (Å²) in [5, 5.41) is 12.5. The highest BCUT2D eigenvalue weighted by molar-refractivity contribution is 8.00. The Morgan fingerprint density at radius 1 is 1.45 bits per heavy atom. The molecule has 2 rings (SSSR count). The van der Waals surface area contributed by atoms with Gasteiger partial charge in [-0.2, -0.15) is 0 Å². The van der Waals surface area contributed by atoms with Crippen molar-refractivity contribution in [2.75, 3.05) is 11.5 Å². The SMILES string of the molecule is NC(CSCC(=O)n1nc2ccccn2c1=O)C(=O)O. The van der Waals surface area contributed by atoms with Gasteiger partial charge in [0.1, 0.15) is 6.04 Å². The molecule has 106 valence electrons. The van der Waals surface area contributed by atoms with Crippen LogP contribution in [0.5, 0.6) is 0 Å². The van der Waals surface area contributed by atoms with E-state index in [-0.39, 0.29) is 11.5 Å². The van der Waals surface area contributed by atoms with Gasteiger partial charge in [0.05, 0.1) is 5.75 Å². The van der Waals surface area contributed by atoms with Crippen LogP contribution < -0.4 is 11.4 Å². The summed E-state index contributed by atoms with van der Waals surface area (Å²) in [6.07, 6.45) is 1.52. The summed E-state index contributed by atoms with van der Waals surface area (Å²) in [5.74, 6) is -1.62. The fourth-order valence-electron chi connectivity index (χ4n) is 1.49. The molecule has 0 spiro atoms. The van der Waals surface area contributed by atoms with Crippen LogP contribution in [0, 0.1) is 0 Å². The van der Waals surface area contributed by atoms with Crippen LogP contribution in [0.15, 0.2) is 29.2 Å². The van der Waals surface area contributed by atoms with Crippen LogP contribution >= 0.6 is 11.8 Å². The molecule has 0 saturated heterocycles. The average Bonchev–Trinajstić information content (AvgIpc) is 2.76. The van der Waals surface area contributed by atoms with Gasteiger partial charge in [-0.15, -0.1) is 21.5 Å². The van der Waals surface area contributed by atoms with Gasteiger partial charge >= 0.3 is 11.7 Å². The first-order valence-electron chi connectivity index (χ1n) is 5.66. The number of nitrogens with two attached hydrogens (primary N) is 1. The third-order valence-electron chi connectivity index (χ3n) is 2.50. The normalized spacial score (nSPS) is 12.4. The van der Waals surface area contributed by atoms with Crippen LogP contribution in [0.25, 0.3) is 5.65 Å². The molecule has 3 N–H and O–H groups in total. The lowest BCUT2D eigenvalue weighted by Gasteiger charge is -2.04. The number of carboxylic acid groups (broad SMARTS) is 1. The molecule has 0 aliphatic rings. The first-order valence-corrected chi connectivity index (χ1v) is 6.82. The Labute approximate surface area is 117 Å².